The summed E-state index contributed by atoms with van der Waals surface area (Å²) in [4.78, 5) is 79.0. The second kappa shape index (κ2) is 13.0. The van der Waals surface area contributed by atoms with Gasteiger partial charge in [-0.05, 0) is 23.6 Å². The van der Waals surface area contributed by atoms with Gasteiger partial charge in [0.05, 0.1) is 6.42 Å². The van der Waals surface area contributed by atoms with Crippen LogP contribution in [0.5, 0.6) is 0 Å². The minimum Gasteiger partial charge on any atom is -0.481 e. The third-order valence-corrected chi connectivity index (χ3v) is 7.18. The van der Waals surface area contributed by atoms with Crippen molar-refractivity contribution in [3.63, 3.8) is 0 Å². The summed E-state index contributed by atoms with van der Waals surface area (Å²) in [7, 11) is 0. The van der Waals surface area contributed by atoms with Crippen LogP contribution in [0.25, 0.3) is 0 Å². The lowest BCUT2D eigenvalue weighted by molar-refractivity contribution is -0.144. The molecule has 1 aliphatic heterocycles. The Labute approximate surface area is 249 Å². The molecule has 1 saturated heterocycles. The van der Waals surface area contributed by atoms with Crippen LogP contribution in [0.3, 0.4) is 0 Å². The third-order valence-electron chi connectivity index (χ3n) is 7.18. The van der Waals surface area contributed by atoms with Crippen LogP contribution in [0.4, 0.5) is 4.79 Å². The molecular formula is C31H34N4O8. The number of nitrogens with one attached hydrogen (secondary N) is 2. The Hall–Kier alpha value is -5.52. The fraction of sp³-hybridized carbons (Fsp3) is 0.226. The van der Waals surface area contributed by atoms with Gasteiger partial charge in [0.25, 0.3) is 5.91 Å². The largest absolute Gasteiger partial charge is 0.481 e. The molecule has 0 radical (unpaired) electrons. The zero-order valence-electron chi connectivity index (χ0n) is 23.2. The number of hydrogen-bond donors (Lipinski definition) is 4. The summed E-state index contributed by atoms with van der Waals surface area (Å²) in [6.07, 6.45) is -0.873. The van der Waals surface area contributed by atoms with Gasteiger partial charge in [-0.1, -0.05) is 91.0 Å². The second-order valence-electron chi connectivity index (χ2n) is 10.1. The van der Waals surface area contributed by atoms with Gasteiger partial charge in [-0.25, -0.2) is 9.59 Å². The van der Waals surface area contributed by atoms with Crippen molar-refractivity contribution in [2.24, 2.45) is 0 Å². The lowest BCUT2D eigenvalue weighted by Crippen LogP contribution is -2.52. The number of aliphatic carboxylic acids is 2. The van der Waals surface area contributed by atoms with E-state index in [1.165, 1.54) is 17.0 Å². The highest BCUT2D eigenvalue weighted by Crippen LogP contribution is 2.38. The zero-order chi connectivity index (χ0) is 31.1. The highest BCUT2D eigenvalue weighted by molar-refractivity contribution is 6.09. The van der Waals surface area contributed by atoms with E-state index in [1.54, 1.807) is 79.7 Å². The average molecular weight is 591 g/mol. The molecule has 1 aliphatic rings. The quantitative estimate of drug-likeness (QED) is 0.233. The smallest absolute Gasteiger partial charge is 0.330 e. The first-order chi connectivity index (χ1) is 20.5. The van der Waals surface area contributed by atoms with Crippen molar-refractivity contribution in [3.05, 3.63) is 108 Å². The predicted molar refractivity (Wildman–Crippen MR) is 156 cm³/mol. The molecule has 5 amide bonds. The number of amides is 5. The van der Waals surface area contributed by atoms with Crippen LogP contribution in [0.15, 0.2) is 91.0 Å². The molecule has 12 heteroatoms. The highest BCUT2D eigenvalue weighted by atomic mass is 16.4. The first kappa shape index (κ1) is 30.4. The van der Waals surface area contributed by atoms with E-state index in [9.17, 15) is 39.0 Å². The first-order valence-corrected chi connectivity index (χ1v) is 13.3. The maximum atomic E-state index is 13.8. The number of carboxylic acids is 2. The molecule has 3 aromatic carbocycles. The maximum Gasteiger partial charge on any atom is 0.330 e. The first-order valence-electron chi connectivity index (χ1n) is 13.3. The van der Waals surface area contributed by atoms with Gasteiger partial charge in [-0.3, -0.25) is 24.1 Å². The van der Waals surface area contributed by atoms with Gasteiger partial charge in [0.2, 0.25) is 11.8 Å². The summed E-state index contributed by atoms with van der Waals surface area (Å²) in [5.74, 6) is -5.56. The van der Waals surface area contributed by atoms with E-state index in [0.717, 1.165) is 10.5 Å². The van der Waals surface area contributed by atoms with Gasteiger partial charge in [-0.15, -0.1) is 0 Å². The number of rotatable bonds is 12. The highest BCUT2D eigenvalue weighted by Gasteiger charge is 2.55. The summed E-state index contributed by atoms with van der Waals surface area (Å²) in [6, 6.07) is 21.4. The molecular weight excluding hydrogens is 556 g/mol. The Morgan fingerprint density at radius 1 is 0.837 bits per heavy atom. The SMILES string of the molecule is CC1(c2ccccc2)C(=O)N(CC(=O)N[C@@H](CC(=O)O)C(=O)N[C@H](C(=O)O)c2ccccc2)C(=O)N1Cc1ccccc1.[HH].[HH]. The Bertz CT molecular complexity index is 1530. The molecule has 1 heterocycles. The summed E-state index contributed by atoms with van der Waals surface area (Å²) in [6.45, 7) is 0.852. The third kappa shape index (κ3) is 6.70. The molecule has 0 aromatic heterocycles. The van der Waals surface area contributed by atoms with E-state index < -0.39 is 66.3 Å². The van der Waals surface area contributed by atoms with Crippen LogP contribution < -0.4 is 10.6 Å². The number of carboxylic acid groups (broad SMARTS) is 2. The number of benzene rings is 3. The molecule has 0 aliphatic carbocycles. The second-order valence-corrected chi connectivity index (χ2v) is 10.1. The van der Waals surface area contributed by atoms with Crippen molar-refractivity contribution in [1.82, 2.24) is 20.4 Å². The normalized spacial score (nSPS) is 17.7. The number of carbonyl (C=O) groups excluding carboxylic acids is 4. The van der Waals surface area contributed by atoms with Crippen molar-refractivity contribution in [2.45, 2.75) is 37.5 Å². The molecule has 43 heavy (non-hydrogen) atoms. The summed E-state index contributed by atoms with van der Waals surface area (Å²) < 4.78 is 0. The minimum atomic E-state index is -1.69. The maximum absolute atomic E-state index is 13.8. The van der Waals surface area contributed by atoms with E-state index in [-0.39, 0.29) is 15.0 Å². The number of urea groups is 1. The molecule has 4 rings (SSSR count). The van der Waals surface area contributed by atoms with E-state index in [0.29, 0.717) is 5.56 Å². The molecule has 1 unspecified atom stereocenters. The van der Waals surface area contributed by atoms with Gasteiger partial charge in [-0.2, -0.15) is 0 Å². The topological polar surface area (TPSA) is 173 Å². The summed E-state index contributed by atoms with van der Waals surface area (Å²) in [5.41, 5.74) is 0.0461. The predicted octanol–water partition coefficient (Wildman–Crippen LogP) is 2.76. The zero-order valence-corrected chi connectivity index (χ0v) is 23.2. The fourth-order valence-electron chi connectivity index (χ4n) is 4.92. The van der Waals surface area contributed by atoms with Crippen molar-refractivity contribution >= 4 is 35.7 Å². The molecule has 0 bridgehead atoms. The molecule has 0 spiro atoms. The summed E-state index contributed by atoms with van der Waals surface area (Å²) in [5, 5.41) is 23.5. The number of imide groups is 1. The Morgan fingerprint density at radius 3 is 1.95 bits per heavy atom. The number of hydrogen-bond acceptors (Lipinski definition) is 6. The van der Waals surface area contributed by atoms with Crippen LogP contribution >= 0.6 is 0 Å². The van der Waals surface area contributed by atoms with Gasteiger partial charge in [0.15, 0.2) is 6.04 Å². The summed E-state index contributed by atoms with van der Waals surface area (Å²) >= 11 is 0. The lowest BCUT2D eigenvalue weighted by Gasteiger charge is -2.32. The molecule has 3 aromatic rings. The van der Waals surface area contributed by atoms with E-state index in [2.05, 4.69) is 10.6 Å². The van der Waals surface area contributed by atoms with Crippen molar-refractivity contribution in [1.29, 1.82) is 0 Å². The Morgan fingerprint density at radius 2 is 1.40 bits per heavy atom. The lowest BCUT2D eigenvalue weighted by atomic mass is 9.90. The molecule has 226 valence electrons. The van der Waals surface area contributed by atoms with E-state index in [1.807, 2.05) is 6.07 Å². The molecule has 1 fully saturated rings. The van der Waals surface area contributed by atoms with Gasteiger partial charge < -0.3 is 25.7 Å². The average Bonchev–Trinajstić information content (AvgIpc) is 3.17. The molecule has 4 N–H and O–H groups in total. The van der Waals surface area contributed by atoms with Crippen molar-refractivity contribution in [3.8, 4) is 0 Å². The standard InChI is InChI=1S/C31H30N4O8.2H2/c1-31(22-15-9-4-10-16-22)29(42)34(30(43)35(31)18-20-11-5-2-6-12-20)19-24(36)32-23(17-25(37)38)27(39)33-26(28(40)41)21-13-7-3-8-14-21;;/h2-16,23,26H,17-19H2,1H3,(H,32,36)(H,33,39)(H,37,38)(H,40,41);2*1H/t23-,26-,31?;;/m0../s1. The fourth-order valence-corrected chi connectivity index (χ4v) is 4.92. The number of carbonyl (C=O) groups is 6. The van der Waals surface area contributed by atoms with Crippen molar-refractivity contribution < 1.29 is 41.8 Å². The Balaban J connectivity index is 0.00000353. The molecule has 12 nitrogen and oxygen atoms in total. The van der Waals surface area contributed by atoms with Crippen molar-refractivity contribution in [2.75, 3.05) is 6.54 Å². The van der Waals surface area contributed by atoms with Crippen LogP contribution in [0.1, 0.15) is 38.9 Å². The van der Waals surface area contributed by atoms with E-state index >= 15 is 0 Å². The van der Waals surface area contributed by atoms with Crippen LogP contribution in [-0.2, 0) is 36.1 Å². The molecule has 0 saturated carbocycles. The number of nitrogens with zero attached hydrogens (tertiary/aromatic N) is 2. The van der Waals surface area contributed by atoms with Gasteiger partial charge >= 0.3 is 18.0 Å². The minimum absolute atomic E-state index is 0. The van der Waals surface area contributed by atoms with Gasteiger partial charge in [0.1, 0.15) is 18.1 Å². The van der Waals surface area contributed by atoms with Gasteiger partial charge in [0, 0.05) is 9.40 Å². The van der Waals surface area contributed by atoms with E-state index in [4.69, 9.17) is 0 Å². The van der Waals surface area contributed by atoms with Crippen LogP contribution in [-0.4, -0.2) is 68.3 Å². The monoisotopic (exact) mass is 590 g/mol. The Kier molecular flexibility index (Phi) is 9.19. The molecule has 3 atom stereocenters. The van der Waals surface area contributed by atoms with Crippen LogP contribution in [0.2, 0.25) is 0 Å². The van der Waals surface area contributed by atoms with Crippen LogP contribution in [0, 0.1) is 0 Å².